The zero-order valence-electron chi connectivity index (χ0n) is 14.0. The van der Waals surface area contributed by atoms with Gasteiger partial charge in [0.15, 0.2) is 5.69 Å². The lowest BCUT2D eigenvalue weighted by Gasteiger charge is -2.19. The normalized spacial score (nSPS) is 11.3. The van der Waals surface area contributed by atoms with Gasteiger partial charge in [0, 0.05) is 23.5 Å². The van der Waals surface area contributed by atoms with Gasteiger partial charge in [0.05, 0.1) is 11.4 Å². The van der Waals surface area contributed by atoms with Crippen LogP contribution in [0.1, 0.15) is 31.3 Å². The smallest absolute Gasteiger partial charge is 0.272 e. The Morgan fingerprint density at radius 1 is 1.08 bits per heavy atom. The molecule has 0 aliphatic heterocycles. The number of carbonyl (C=O) groups is 1. The highest BCUT2D eigenvalue weighted by Crippen LogP contribution is 2.23. The van der Waals surface area contributed by atoms with Crippen molar-refractivity contribution in [1.82, 2.24) is 20.1 Å². The molecule has 122 valence electrons. The minimum Gasteiger partial charge on any atom is -0.346 e. The van der Waals surface area contributed by atoms with Crippen LogP contribution < -0.4 is 5.32 Å². The molecule has 5 nitrogen and oxygen atoms in total. The number of pyridine rings is 1. The highest BCUT2D eigenvalue weighted by molar-refractivity contribution is 5.94. The van der Waals surface area contributed by atoms with Crippen LogP contribution in [-0.4, -0.2) is 26.2 Å². The number of nitrogens with zero attached hydrogens (tertiary/aromatic N) is 3. The summed E-state index contributed by atoms with van der Waals surface area (Å²) in [6.45, 7) is 5.84. The molecule has 2 heterocycles. The van der Waals surface area contributed by atoms with E-state index in [9.17, 15) is 4.79 Å². The maximum Gasteiger partial charge on any atom is 0.272 e. The Labute approximate surface area is 141 Å². The van der Waals surface area contributed by atoms with Crippen molar-refractivity contribution < 1.29 is 4.79 Å². The summed E-state index contributed by atoms with van der Waals surface area (Å²) < 4.78 is 1.77. The summed E-state index contributed by atoms with van der Waals surface area (Å²) in [5.74, 6) is -0.192. The summed E-state index contributed by atoms with van der Waals surface area (Å²) >= 11 is 0. The number of amides is 1. The molecule has 0 unspecified atom stereocenters. The van der Waals surface area contributed by atoms with Gasteiger partial charge in [-0.2, -0.15) is 5.10 Å². The van der Waals surface area contributed by atoms with Crippen LogP contribution >= 0.6 is 0 Å². The van der Waals surface area contributed by atoms with Crippen LogP contribution in [0, 0.1) is 0 Å². The van der Waals surface area contributed by atoms with Gasteiger partial charge in [-0.25, -0.2) is 4.68 Å². The first-order valence-electron chi connectivity index (χ1n) is 7.82. The van der Waals surface area contributed by atoms with Crippen LogP contribution in [0.25, 0.3) is 16.9 Å². The van der Waals surface area contributed by atoms with Crippen molar-refractivity contribution in [3.8, 4) is 16.9 Å². The van der Waals surface area contributed by atoms with Gasteiger partial charge >= 0.3 is 0 Å². The van der Waals surface area contributed by atoms with Crippen LogP contribution in [0.15, 0.2) is 60.9 Å². The second-order valence-corrected chi connectivity index (χ2v) is 6.61. The van der Waals surface area contributed by atoms with Gasteiger partial charge in [-0.15, -0.1) is 0 Å². The lowest BCUT2D eigenvalue weighted by Crippen LogP contribution is -2.40. The van der Waals surface area contributed by atoms with Crippen LogP contribution in [0.4, 0.5) is 0 Å². The van der Waals surface area contributed by atoms with Crippen molar-refractivity contribution in [2.45, 2.75) is 26.3 Å². The van der Waals surface area contributed by atoms with E-state index < -0.39 is 0 Å². The molecule has 0 aliphatic rings. The van der Waals surface area contributed by atoms with Gasteiger partial charge in [-0.3, -0.25) is 9.78 Å². The number of hydrogen-bond acceptors (Lipinski definition) is 3. The summed E-state index contributed by atoms with van der Waals surface area (Å²) in [5.41, 5.74) is 2.69. The van der Waals surface area contributed by atoms with Crippen molar-refractivity contribution in [3.63, 3.8) is 0 Å². The third-order valence-electron chi connectivity index (χ3n) is 3.39. The SMILES string of the molecule is CC(C)(C)NC(=O)c1cc(-c2cccnc2)n(-c2ccccc2)n1. The van der Waals surface area contributed by atoms with Crippen molar-refractivity contribution in [1.29, 1.82) is 0 Å². The maximum atomic E-state index is 12.5. The Bertz CT molecular complexity index is 776. The molecule has 0 spiro atoms. The fourth-order valence-electron chi connectivity index (χ4n) is 2.38. The summed E-state index contributed by atoms with van der Waals surface area (Å²) in [4.78, 5) is 16.7. The third-order valence-corrected chi connectivity index (χ3v) is 3.39. The average Bonchev–Trinajstić information content (AvgIpc) is 3.00. The zero-order valence-corrected chi connectivity index (χ0v) is 14.0. The van der Waals surface area contributed by atoms with Gasteiger partial charge in [0.1, 0.15) is 0 Å². The molecule has 1 aromatic carbocycles. The van der Waals surface area contributed by atoms with E-state index in [1.165, 1.54) is 0 Å². The number of para-hydroxylation sites is 1. The van der Waals surface area contributed by atoms with E-state index in [1.807, 2.05) is 63.2 Å². The lowest BCUT2D eigenvalue weighted by molar-refractivity contribution is 0.0914. The van der Waals surface area contributed by atoms with Gasteiger partial charge in [-0.05, 0) is 51.1 Å². The topological polar surface area (TPSA) is 59.8 Å². The first kappa shape index (κ1) is 15.9. The van der Waals surface area contributed by atoms with E-state index in [2.05, 4.69) is 15.4 Å². The molecule has 0 atom stereocenters. The molecule has 24 heavy (non-hydrogen) atoms. The molecular weight excluding hydrogens is 300 g/mol. The number of hydrogen-bond donors (Lipinski definition) is 1. The van der Waals surface area contributed by atoms with Crippen molar-refractivity contribution >= 4 is 5.91 Å². The Morgan fingerprint density at radius 3 is 2.46 bits per heavy atom. The molecule has 0 bridgehead atoms. The summed E-state index contributed by atoms with van der Waals surface area (Å²) in [5, 5.41) is 7.47. The molecule has 0 radical (unpaired) electrons. The Hall–Kier alpha value is -2.95. The van der Waals surface area contributed by atoms with E-state index in [0.29, 0.717) is 5.69 Å². The summed E-state index contributed by atoms with van der Waals surface area (Å²) in [6.07, 6.45) is 3.49. The maximum absolute atomic E-state index is 12.5. The van der Waals surface area contributed by atoms with E-state index in [1.54, 1.807) is 23.1 Å². The predicted molar refractivity (Wildman–Crippen MR) is 94.0 cm³/mol. The predicted octanol–water partition coefficient (Wildman–Crippen LogP) is 3.46. The quantitative estimate of drug-likeness (QED) is 0.804. The number of nitrogens with one attached hydrogen (secondary N) is 1. The molecule has 0 aliphatic carbocycles. The number of benzene rings is 1. The molecule has 0 saturated carbocycles. The number of rotatable bonds is 3. The molecule has 3 rings (SSSR count). The summed E-state index contributed by atoms with van der Waals surface area (Å²) in [6, 6.07) is 15.4. The van der Waals surface area contributed by atoms with Crippen LogP contribution in [0.5, 0.6) is 0 Å². The van der Waals surface area contributed by atoms with E-state index in [4.69, 9.17) is 0 Å². The van der Waals surface area contributed by atoms with Gasteiger partial charge < -0.3 is 5.32 Å². The fraction of sp³-hybridized carbons (Fsp3) is 0.211. The zero-order chi connectivity index (χ0) is 17.2. The van der Waals surface area contributed by atoms with Crippen molar-refractivity contribution in [2.24, 2.45) is 0 Å². The molecule has 0 fully saturated rings. The van der Waals surface area contributed by atoms with E-state index >= 15 is 0 Å². The minimum absolute atomic E-state index is 0.192. The number of aromatic nitrogens is 3. The fourth-order valence-corrected chi connectivity index (χ4v) is 2.38. The minimum atomic E-state index is -0.317. The third kappa shape index (κ3) is 3.51. The monoisotopic (exact) mass is 320 g/mol. The van der Waals surface area contributed by atoms with Crippen molar-refractivity contribution in [2.75, 3.05) is 0 Å². The molecule has 1 N–H and O–H groups in total. The number of carbonyl (C=O) groups excluding carboxylic acids is 1. The molecule has 1 amide bonds. The first-order chi connectivity index (χ1) is 11.4. The van der Waals surface area contributed by atoms with Gasteiger partial charge in [-0.1, -0.05) is 18.2 Å². The standard InChI is InChI=1S/C19H20N4O/c1-19(2,3)21-18(24)16-12-17(14-8-7-11-20-13-14)23(22-16)15-9-5-4-6-10-15/h4-13H,1-3H3,(H,21,24). The molecular formula is C19H20N4O. The largest absolute Gasteiger partial charge is 0.346 e. The van der Waals surface area contributed by atoms with Gasteiger partial charge in [0.25, 0.3) is 5.91 Å². The molecule has 5 heteroatoms. The molecule has 0 saturated heterocycles. The second kappa shape index (κ2) is 6.28. The van der Waals surface area contributed by atoms with Crippen LogP contribution in [0.3, 0.4) is 0 Å². The van der Waals surface area contributed by atoms with E-state index in [0.717, 1.165) is 16.9 Å². The van der Waals surface area contributed by atoms with Crippen molar-refractivity contribution in [3.05, 3.63) is 66.6 Å². The van der Waals surface area contributed by atoms with E-state index in [-0.39, 0.29) is 11.4 Å². The Morgan fingerprint density at radius 2 is 1.83 bits per heavy atom. The highest BCUT2D eigenvalue weighted by atomic mass is 16.2. The second-order valence-electron chi connectivity index (χ2n) is 6.61. The lowest BCUT2D eigenvalue weighted by atomic mass is 10.1. The first-order valence-corrected chi connectivity index (χ1v) is 7.82. The Balaban J connectivity index is 2.08. The average molecular weight is 320 g/mol. The van der Waals surface area contributed by atoms with Crippen LogP contribution in [-0.2, 0) is 0 Å². The molecule has 3 aromatic rings. The van der Waals surface area contributed by atoms with Gasteiger partial charge in [0.2, 0.25) is 0 Å². The molecule has 2 aromatic heterocycles. The summed E-state index contributed by atoms with van der Waals surface area (Å²) in [7, 11) is 0. The highest BCUT2D eigenvalue weighted by Gasteiger charge is 2.20. The van der Waals surface area contributed by atoms with Crippen LogP contribution in [0.2, 0.25) is 0 Å². The Kier molecular flexibility index (Phi) is 4.16.